The maximum absolute atomic E-state index is 11.1. The molecule has 0 atom stereocenters. The number of carbonyl (C=O) groups excluding carboxylic acids is 2. The van der Waals surface area contributed by atoms with Crippen LogP contribution in [-0.2, 0) is 14.3 Å². The first kappa shape index (κ1) is 11.9. The minimum absolute atomic E-state index is 0.279. The van der Waals surface area contributed by atoms with Crippen LogP contribution < -0.4 is 0 Å². The molecule has 0 aliphatic rings. The standard InChI is InChI=1S/C8H11NO3S/c1-3-12-8(11)7(5-13-2)4-9-6-10/h4-6H,3H2,1-2H3/b7-5+,9-4?. The van der Waals surface area contributed by atoms with Crippen molar-refractivity contribution in [3.05, 3.63) is 11.0 Å². The molecule has 0 rings (SSSR count). The largest absolute Gasteiger partial charge is 0.462 e. The maximum Gasteiger partial charge on any atom is 0.340 e. The number of thioether (sulfide) groups is 1. The molecule has 0 aromatic heterocycles. The van der Waals surface area contributed by atoms with Crippen molar-refractivity contribution in [2.75, 3.05) is 12.9 Å². The van der Waals surface area contributed by atoms with Gasteiger partial charge >= 0.3 is 5.97 Å². The Balaban J connectivity index is 4.41. The lowest BCUT2D eigenvalue weighted by Gasteiger charge is -1.99. The third-order valence-electron chi connectivity index (χ3n) is 1.03. The van der Waals surface area contributed by atoms with Gasteiger partial charge in [0, 0.05) is 6.21 Å². The maximum atomic E-state index is 11.1. The van der Waals surface area contributed by atoms with Crippen molar-refractivity contribution in [2.45, 2.75) is 6.92 Å². The number of carbonyl (C=O) groups is 2. The van der Waals surface area contributed by atoms with Crippen LogP contribution in [0.1, 0.15) is 6.92 Å². The number of rotatable bonds is 5. The summed E-state index contributed by atoms with van der Waals surface area (Å²) in [5.41, 5.74) is 0.279. The van der Waals surface area contributed by atoms with E-state index in [2.05, 4.69) is 4.99 Å². The molecule has 0 aliphatic carbocycles. The van der Waals surface area contributed by atoms with Crippen LogP contribution in [-0.4, -0.2) is 31.5 Å². The Hall–Kier alpha value is -1.10. The van der Waals surface area contributed by atoms with E-state index in [0.29, 0.717) is 13.0 Å². The second-order valence-electron chi connectivity index (χ2n) is 1.91. The molecule has 0 aromatic rings. The van der Waals surface area contributed by atoms with Crippen molar-refractivity contribution in [1.82, 2.24) is 0 Å². The zero-order valence-electron chi connectivity index (χ0n) is 7.52. The molecule has 0 fully saturated rings. The lowest BCUT2D eigenvalue weighted by molar-refractivity contribution is -0.137. The van der Waals surface area contributed by atoms with Crippen molar-refractivity contribution in [3.63, 3.8) is 0 Å². The Kier molecular flexibility index (Phi) is 6.91. The Bertz CT molecular complexity index is 236. The van der Waals surface area contributed by atoms with Gasteiger partial charge in [-0.05, 0) is 18.6 Å². The van der Waals surface area contributed by atoms with Crippen LogP contribution in [0.15, 0.2) is 16.0 Å². The van der Waals surface area contributed by atoms with E-state index in [1.807, 2.05) is 0 Å². The van der Waals surface area contributed by atoms with Gasteiger partial charge in [-0.15, -0.1) is 11.8 Å². The molecule has 0 saturated carbocycles. The van der Waals surface area contributed by atoms with Gasteiger partial charge in [-0.25, -0.2) is 9.79 Å². The fourth-order valence-corrected chi connectivity index (χ4v) is 0.994. The number of ether oxygens (including phenoxy) is 1. The molecule has 5 heteroatoms. The topological polar surface area (TPSA) is 55.7 Å². The summed E-state index contributed by atoms with van der Waals surface area (Å²) in [5, 5.41) is 1.57. The van der Waals surface area contributed by atoms with Gasteiger partial charge in [0.2, 0.25) is 6.41 Å². The molecule has 1 amide bonds. The van der Waals surface area contributed by atoms with Gasteiger partial charge in [0.15, 0.2) is 0 Å². The second kappa shape index (κ2) is 7.54. The summed E-state index contributed by atoms with van der Waals surface area (Å²) in [4.78, 5) is 24.3. The van der Waals surface area contributed by atoms with Crippen LogP contribution in [0.5, 0.6) is 0 Å². The lowest BCUT2D eigenvalue weighted by Crippen LogP contribution is -2.08. The highest BCUT2D eigenvalue weighted by molar-refractivity contribution is 8.01. The summed E-state index contributed by atoms with van der Waals surface area (Å²) in [5.74, 6) is -0.470. The average molecular weight is 201 g/mol. The summed E-state index contributed by atoms with van der Waals surface area (Å²) in [7, 11) is 0. The number of amides is 1. The minimum Gasteiger partial charge on any atom is -0.462 e. The molecule has 0 saturated heterocycles. The zero-order chi connectivity index (χ0) is 10.1. The summed E-state index contributed by atoms with van der Waals surface area (Å²) >= 11 is 1.34. The van der Waals surface area contributed by atoms with Crippen LogP contribution in [0.3, 0.4) is 0 Å². The Morgan fingerprint density at radius 1 is 1.62 bits per heavy atom. The van der Waals surface area contributed by atoms with Crippen LogP contribution in [0.2, 0.25) is 0 Å². The van der Waals surface area contributed by atoms with Gasteiger partial charge in [0.1, 0.15) is 0 Å². The molecule has 0 unspecified atom stereocenters. The molecule has 0 spiro atoms. The van der Waals surface area contributed by atoms with Crippen molar-refractivity contribution >= 4 is 30.4 Å². The van der Waals surface area contributed by atoms with Gasteiger partial charge in [0.05, 0.1) is 12.2 Å². The molecule has 0 N–H and O–H groups in total. The number of hydrogen-bond donors (Lipinski definition) is 0. The summed E-state index contributed by atoms with van der Waals surface area (Å²) in [6.45, 7) is 2.02. The van der Waals surface area contributed by atoms with E-state index < -0.39 is 5.97 Å². The molecular formula is C8H11NO3S. The number of esters is 1. The SMILES string of the molecule is CCOC(=O)/C(C=NC=O)=C/SC. The Morgan fingerprint density at radius 2 is 2.31 bits per heavy atom. The molecule has 72 valence electrons. The summed E-state index contributed by atoms with van der Waals surface area (Å²) < 4.78 is 4.73. The summed E-state index contributed by atoms with van der Waals surface area (Å²) in [6, 6.07) is 0. The van der Waals surface area contributed by atoms with E-state index in [-0.39, 0.29) is 5.57 Å². The van der Waals surface area contributed by atoms with Crippen LogP contribution in [0.25, 0.3) is 0 Å². The normalized spacial score (nSPS) is 11.7. The lowest BCUT2D eigenvalue weighted by atomic mass is 10.3. The molecular weight excluding hydrogens is 190 g/mol. The monoisotopic (exact) mass is 201 g/mol. The van der Waals surface area contributed by atoms with Crippen molar-refractivity contribution < 1.29 is 14.3 Å². The molecule has 0 radical (unpaired) electrons. The molecule has 13 heavy (non-hydrogen) atoms. The van der Waals surface area contributed by atoms with Gasteiger partial charge in [-0.3, -0.25) is 4.79 Å². The van der Waals surface area contributed by atoms with E-state index in [0.717, 1.165) is 0 Å². The Morgan fingerprint density at radius 3 is 2.77 bits per heavy atom. The van der Waals surface area contributed by atoms with E-state index in [1.54, 1.807) is 18.6 Å². The van der Waals surface area contributed by atoms with Gasteiger partial charge < -0.3 is 4.74 Å². The first-order valence-corrected chi connectivity index (χ1v) is 4.92. The van der Waals surface area contributed by atoms with Crippen LogP contribution in [0.4, 0.5) is 0 Å². The molecule has 0 bridgehead atoms. The number of hydrogen-bond acceptors (Lipinski definition) is 4. The van der Waals surface area contributed by atoms with Gasteiger partial charge in [-0.2, -0.15) is 0 Å². The minimum atomic E-state index is -0.470. The van der Waals surface area contributed by atoms with Crippen LogP contribution >= 0.6 is 11.8 Å². The highest BCUT2D eigenvalue weighted by Gasteiger charge is 2.06. The number of aliphatic imine (C=N–C) groups is 1. The fourth-order valence-electron chi connectivity index (χ4n) is 0.583. The van der Waals surface area contributed by atoms with E-state index in [1.165, 1.54) is 18.0 Å². The van der Waals surface area contributed by atoms with Gasteiger partial charge in [-0.1, -0.05) is 0 Å². The van der Waals surface area contributed by atoms with Crippen molar-refractivity contribution in [1.29, 1.82) is 0 Å². The third-order valence-corrected chi connectivity index (χ3v) is 1.52. The van der Waals surface area contributed by atoms with Crippen molar-refractivity contribution in [2.24, 2.45) is 4.99 Å². The first-order chi connectivity index (χ1) is 6.26. The third kappa shape index (κ3) is 5.19. The van der Waals surface area contributed by atoms with Gasteiger partial charge in [0.25, 0.3) is 0 Å². The predicted molar refractivity (Wildman–Crippen MR) is 52.8 cm³/mol. The van der Waals surface area contributed by atoms with E-state index in [9.17, 15) is 9.59 Å². The Labute approximate surface area is 81.1 Å². The molecule has 0 aromatic carbocycles. The summed E-state index contributed by atoms with van der Waals surface area (Å²) in [6.07, 6.45) is 3.35. The molecule has 0 aliphatic heterocycles. The predicted octanol–water partition coefficient (Wildman–Crippen LogP) is 1.02. The second-order valence-corrected chi connectivity index (χ2v) is 2.62. The average Bonchev–Trinajstić information content (AvgIpc) is 2.12. The first-order valence-electron chi connectivity index (χ1n) is 3.63. The molecule has 0 heterocycles. The van der Waals surface area contributed by atoms with Crippen molar-refractivity contribution in [3.8, 4) is 0 Å². The smallest absolute Gasteiger partial charge is 0.340 e. The zero-order valence-corrected chi connectivity index (χ0v) is 8.34. The van der Waals surface area contributed by atoms with Crippen LogP contribution in [0, 0.1) is 0 Å². The van der Waals surface area contributed by atoms with E-state index in [4.69, 9.17) is 4.74 Å². The number of nitrogens with zero attached hydrogens (tertiary/aromatic N) is 1. The highest BCUT2D eigenvalue weighted by Crippen LogP contribution is 2.03. The quantitative estimate of drug-likeness (QED) is 0.288. The molecule has 4 nitrogen and oxygen atoms in total. The highest BCUT2D eigenvalue weighted by atomic mass is 32.2. The fraction of sp³-hybridized carbons (Fsp3) is 0.375. The van der Waals surface area contributed by atoms with E-state index >= 15 is 0 Å².